The Morgan fingerprint density at radius 2 is 2.30 bits per heavy atom. The zero-order chi connectivity index (χ0) is 14.7. The maximum Gasteiger partial charge on any atom is 0.319 e. The monoisotopic (exact) mass is 279 g/mol. The number of nitrogens with one attached hydrogen (secondary N) is 1. The topological polar surface area (TPSA) is 92.6 Å². The fourth-order valence-electron chi connectivity index (χ4n) is 1.81. The summed E-state index contributed by atoms with van der Waals surface area (Å²) in [5, 5.41) is 2.68. The number of aromatic nitrogens is 4. The van der Waals surface area contributed by atoms with Crippen LogP contribution in [0.25, 0.3) is 5.78 Å². The van der Waals surface area contributed by atoms with Crippen molar-refractivity contribution in [2.75, 3.05) is 13.7 Å². The smallest absolute Gasteiger partial charge is 0.319 e. The molecule has 0 spiro atoms. The zero-order valence-corrected chi connectivity index (χ0v) is 11.7. The summed E-state index contributed by atoms with van der Waals surface area (Å²) in [6.45, 7) is 4.45. The molecule has 0 aromatic carbocycles. The van der Waals surface area contributed by atoms with Crippen molar-refractivity contribution in [1.29, 1.82) is 0 Å². The summed E-state index contributed by atoms with van der Waals surface area (Å²) in [5.74, 6) is -0.00876. The van der Waals surface area contributed by atoms with E-state index in [0.29, 0.717) is 18.0 Å². The van der Waals surface area contributed by atoms with Crippen molar-refractivity contribution in [2.45, 2.75) is 26.4 Å². The van der Waals surface area contributed by atoms with Gasteiger partial charge in [-0.05, 0) is 13.8 Å². The number of hydrogen-bond acceptors (Lipinski definition) is 6. The molecular formula is C12H17N5O3. The van der Waals surface area contributed by atoms with Gasteiger partial charge in [-0.3, -0.25) is 19.6 Å². The molecule has 2 aromatic heterocycles. The lowest BCUT2D eigenvalue weighted by Gasteiger charge is -2.24. The van der Waals surface area contributed by atoms with Gasteiger partial charge in [0.1, 0.15) is 6.33 Å². The molecule has 2 aromatic rings. The third-order valence-electron chi connectivity index (χ3n) is 2.98. The molecule has 0 unspecified atom stereocenters. The molecule has 0 aliphatic carbocycles. The van der Waals surface area contributed by atoms with Gasteiger partial charge in [0.2, 0.25) is 0 Å². The van der Waals surface area contributed by atoms with E-state index in [2.05, 4.69) is 19.8 Å². The number of rotatable bonds is 5. The Kier molecular flexibility index (Phi) is 4.14. The van der Waals surface area contributed by atoms with Gasteiger partial charge in [-0.1, -0.05) is 0 Å². The molecule has 8 heteroatoms. The number of nitrogens with zero attached hydrogens (tertiary/aromatic N) is 4. The van der Waals surface area contributed by atoms with Crippen LogP contribution in [0.3, 0.4) is 0 Å². The first-order valence-corrected chi connectivity index (χ1v) is 6.24. The van der Waals surface area contributed by atoms with E-state index in [-0.39, 0.29) is 24.1 Å². The summed E-state index contributed by atoms with van der Waals surface area (Å²) in [5.41, 5.74) is 0.337. The number of ether oxygens (including phenoxy) is 1. The molecule has 0 aliphatic rings. The van der Waals surface area contributed by atoms with Crippen LogP contribution < -0.4 is 5.56 Å². The van der Waals surface area contributed by atoms with Crippen LogP contribution in [-0.4, -0.2) is 50.1 Å². The molecule has 0 atom stereocenters. The Morgan fingerprint density at radius 1 is 1.55 bits per heavy atom. The van der Waals surface area contributed by atoms with E-state index in [1.54, 1.807) is 0 Å². The second-order valence-electron chi connectivity index (χ2n) is 4.68. The third-order valence-corrected chi connectivity index (χ3v) is 2.98. The van der Waals surface area contributed by atoms with Crippen LogP contribution in [0.2, 0.25) is 0 Å². The fraction of sp³-hybridized carbons (Fsp3) is 0.500. The van der Waals surface area contributed by atoms with Crippen molar-refractivity contribution < 1.29 is 9.53 Å². The minimum absolute atomic E-state index is 0.119. The zero-order valence-electron chi connectivity index (χ0n) is 11.7. The first-order valence-electron chi connectivity index (χ1n) is 6.24. The molecule has 20 heavy (non-hydrogen) atoms. The Morgan fingerprint density at radius 3 is 2.95 bits per heavy atom. The number of hydrogen-bond donors (Lipinski definition) is 1. The number of aromatic amines is 1. The highest BCUT2D eigenvalue weighted by atomic mass is 16.5. The molecule has 0 radical (unpaired) electrons. The average Bonchev–Trinajstić information content (AvgIpc) is 2.86. The molecule has 0 saturated carbocycles. The first kappa shape index (κ1) is 14.2. The van der Waals surface area contributed by atoms with Crippen molar-refractivity contribution >= 4 is 11.7 Å². The molecule has 2 rings (SSSR count). The molecule has 108 valence electrons. The van der Waals surface area contributed by atoms with Crippen LogP contribution >= 0.6 is 0 Å². The van der Waals surface area contributed by atoms with Crippen molar-refractivity contribution in [3.63, 3.8) is 0 Å². The molecule has 2 heterocycles. The van der Waals surface area contributed by atoms with Crippen molar-refractivity contribution in [2.24, 2.45) is 0 Å². The second-order valence-corrected chi connectivity index (χ2v) is 4.68. The highest BCUT2D eigenvalue weighted by Gasteiger charge is 2.16. The molecule has 8 nitrogen and oxygen atoms in total. The Labute approximate surface area is 115 Å². The minimum atomic E-state index is -0.323. The molecule has 0 bridgehead atoms. The summed E-state index contributed by atoms with van der Waals surface area (Å²) >= 11 is 0. The SMILES string of the molecule is COC(=O)CN(Cc1cc(=O)n2[nH]cnc2n1)C(C)C. The predicted octanol–water partition coefficient (Wildman–Crippen LogP) is -0.199. The summed E-state index contributed by atoms with van der Waals surface area (Å²) < 4.78 is 5.92. The predicted molar refractivity (Wildman–Crippen MR) is 71.2 cm³/mol. The molecule has 1 N–H and O–H groups in total. The van der Waals surface area contributed by atoms with E-state index in [4.69, 9.17) is 0 Å². The van der Waals surface area contributed by atoms with E-state index in [0.717, 1.165) is 0 Å². The number of carbonyl (C=O) groups excluding carboxylic acids is 1. The standard InChI is InChI=1S/C12H17N5O3/c1-8(2)16(6-11(19)20-3)5-9-4-10(18)17-12(15-9)13-7-14-17/h4,7-8H,5-6H2,1-3H3,(H,13,14,15). The first-order chi connectivity index (χ1) is 9.51. The lowest BCUT2D eigenvalue weighted by molar-refractivity contribution is -0.142. The summed E-state index contributed by atoms with van der Waals surface area (Å²) in [4.78, 5) is 33.3. The number of fused-ring (bicyclic) bond motifs is 1. The van der Waals surface area contributed by atoms with E-state index in [1.165, 1.54) is 24.0 Å². The van der Waals surface area contributed by atoms with Gasteiger partial charge in [0.05, 0.1) is 19.3 Å². The summed E-state index contributed by atoms with van der Waals surface area (Å²) in [6, 6.07) is 1.55. The van der Waals surface area contributed by atoms with E-state index in [9.17, 15) is 9.59 Å². The van der Waals surface area contributed by atoms with Crippen LogP contribution in [0.15, 0.2) is 17.2 Å². The number of carbonyl (C=O) groups is 1. The maximum absolute atomic E-state index is 11.8. The van der Waals surface area contributed by atoms with Gasteiger partial charge >= 0.3 is 5.97 Å². The highest BCUT2D eigenvalue weighted by molar-refractivity contribution is 5.71. The number of H-pyrrole nitrogens is 1. The van der Waals surface area contributed by atoms with Gasteiger partial charge < -0.3 is 4.74 Å². The molecular weight excluding hydrogens is 262 g/mol. The van der Waals surface area contributed by atoms with Gasteiger partial charge in [-0.15, -0.1) is 0 Å². The van der Waals surface area contributed by atoms with Gasteiger partial charge in [-0.25, -0.2) is 9.97 Å². The van der Waals surface area contributed by atoms with Gasteiger partial charge in [0.25, 0.3) is 11.3 Å². The highest BCUT2D eigenvalue weighted by Crippen LogP contribution is 2.05. The van der Waals surface area contributed by atoms with Gasteiger partial charge in [-0.2, -0.15) is 4.52 Å². The lowest BCUT2D eigenvalue weighted by Crippen LogP contribution is -2.36. The molecule has 0 saturated heterocycles. The van der Waals surface area contributed by atoms with Crippen LogP contribution in [0.4, 0.5) is 0 Å². The normalized spacial score (nSPS) is 11.4. The second kappa shape index (κ2) is 5.83. The van der Waals surface area contributed by atoms with Crippen molar-refractivity contribution in [1.82, 2.24) is 24.5 Å². The fourth-order valence-corrected chi connectivity index (χ4v) is 1.81. The average molecular weight is 279 g/mol. The van der Waals surface area contributed by atoms with Crippen LogP contribution in [-0.2, 0) is 16.1 Å². The van der Waals surface area contributed by atoms with Crippen molar-refractivity contribution in [3.05, 3.63) is 28.4 Å². The summed E-state index contributed by atoms with van der Waals surface area (Å²) in [7, 11) is 1.35. The molecule has 0 fully saturated rings. The molecule has 0 amide bonds. The van der Waals surface area contributed by atoms with Gasteiger partial charge in [0, 0.05) is 18.7 Å². The number of esters is 1. The number of methoxy groups -OCH3 is 1. The van der Waals surface area contributed by atoms with E-state index >= 15 is 0 Å². The molecule has 0 aliphatic heterocycles. The van der Waals surface area contributed by atoms with Crippen LogP contribution in [0, 0.1) is 0 Å². The van der Waals surface area contributed by atoms with E-state index in [1.807, 2.05) is 18.7 Å². The summed E-state index contributed by atoms with van der Waals surface area (Å²) in [6.07, 6.45) is 1.40. The quantitative estimate of drug-likeness (QED) is 0.762. The van der Waals surface area contributed by atoms with E-state index < -0.39 is 0 Å². The largest absolute Gasteiger partial charge is 0.468 e. The van der Waals surface area contributed by atoms with Crippen molar-refractivity contribution in [3.8, 4) is 0 Å². The Balaban J connectivity index is 2.24. The van der Waals surface area contributed by atoms with Crippen LogP contribution in [0.5, 0.6) is 0 Å². The Bertz CT molecular complexity index is 660. The maximum atomic E-state index is 11.8. The Hall–Kier alpha value is -2.22. The van der Waals surface area contributed by atoms with Gasteiger partial charge in [0.15, 0.2) is 0 Å². The minimum Gasteiger partial charge on any atom is -0.468 e. The third kappa shape index (κ3) is 3.02. The lowest BCUT2D eigenvalue weighted by atomic mass is 10.2. The van der Waals surface area contributed by atoms with Crippen LogP contribution in [0.1, 0.15) is 19.5 Å².